The first kappa shape index (κ1) is 18.6. The third kappa shape index (κ3) is 4.13. The molecule has 1 aliphatic carbocycles. The minimum Gasteiger partial charge on any atom is -0.462 e. The minimum absolute atomic E-state index is 0.273. The quantitative estimate of drug-likeness (QED) is 0.758. The molecule has 26 heavy (non-hydrogen) atoms. The Balaban J connectivity index is 1.70. The van der Waals surface area contributed by atoms with Crippen LogP contribution >= 0.6 is 22.7 Å². The number of nitrogens with one attached hydrogen (secondary N) is 1. The van der Waals surface area contributed by atoms with Gasteiger partial charge in [-0.2, -0.15) is 0 Å². The van der Waals surface area contributed by atoms with Gasteiger partial charge in [0.1, 0.15) is 9.88 Å². The van der Waals surface area contributed by atoms with Crippen LogP contribution in [-0.4, -0.2) is 31.1 Å². The minimum atomic E-state index is -0.536. The number of fused-ring (bicyclic) bond motifs is 1. The molecular formula is C18H19NO5S2. The lowest BCUT2D eigenvalue weighted by Gasteiger charge is -2.12. The van der Waals surface area contributed by atoms with Crippen molar-refractivity contribution in [3.05, 3.63) is 38.4 Å². The van der Waals surface area contributed by atoms with E-state index in [-0.39, 0.29) is 6.61 Å². The predicted octanol–water partition coefficient (Wildman–Crippen LogP) is 3.66. The van der Waals surface area contributed by atoms with Crippen LogP contribution in [-0.2, 0) is 27.1 Å². The van der Waals surface area contributed by atoms with Crippen LogP contribution in [0.5, 0.6) is 0 Å². The Morgan fingerprint density at radius 1 is 1.15 bits per heavy atom. The summed E-state index contributed by atoms with van der Waals surface area (Å²) < 4.78 is 10.2. The average Bonchev–Trinajstić information content (AvgIpc) is 3.27. The molecule has 2 aromatic heterocycles. The van der Waals surface area contributed by atoms with Crippen LogP contribution in [0, 0.1) is 0 Å². The highest BCUT2D eigenvalue weighted by atomic mass is 32.1. The van der Waals surface area contributed by atoms with Crippen molar-refractivity contribution >= 4 is 45.5 Å². The molecule has 0 unspecified atom stereocenters. The third-order valence-corrected chi connectivity index (χ3v) is 6.02. The smallest absolute Gasteiger partial charge is 0.348 e. The molecule has 2 heterocycles. The van der Waals surface area contributed by atoms with E-state index in [0.717, 1.165) is 36.1 Å². The normalized spacial score (nSPS) is 13.0. The lowest BCUT2D eigenvalue weighted by atomic mass is 9.95. The fourth-order valence-electron chi connectivity index (χ4n) is 2.83. The van der Waals surface area contributed by atoms with E-state index < -0.39 is 24.5 Å². The maximum absolute atomic E-state index is 12.4. The monoisotopic (exact) mass is 393 g/mol. The van der Waals surface area contributed by atoms with Gasteiger partial charge < -0.3 is 14.8 Å². The molecule has 0 bridgehead atoms. The summed E-state index contributed by atoms with van der Waals surface area (Å²) in [6.07, 6.45) is 3.79. The Morgan fingerprint density at radius 3 is 2.69 bits per heavy atom. The predicted molar refractivity (Wildman–Crippen MR) is 100 cm³/mol. The molecule has 6 nitrogen and oxygen atoms in total. The Morgan fingerprint density at radius 2 is 1.96 bits per heavy atom. The molecule has 0 saturated heterocycles. The van der Waals surface area contributed by atoms with E-state index in [9.17, 15) is 14.4 Å². The molecule has 138 valence electrons. The molecular weight excluding hydrogens is 374 g/mol. The van der Waals surface area contributed by atoms with Gasteiger partial charge in [0.25, 0.3) is 5.91 Å². The zero-order valence-electron chi connectivity index (χ0n) is 14.3. The van der Waals surface area contributed by atoms with Crippen LogP contribution in [0.2, 0.25) is 0 Å². The lowest BCUT2D eigenvalue weighted by molar-refractivity contribution is -0.119. The van der Waals surface area contributed by atoms with Crippen LogP contribution in [0.25, 0.3) is 0 Å². The first-order valence-corrected chi connectivity index (χ1v) is 10.1. The van der Waals surface area contributed by atoms with Gasteiger partial charge in [-0.1, -0.05) is 6.07 Å². The van der Waals surface area contributed by atoms with Crippen molar-refractivity contribution in [3.8, 4) is 0 Å². The van der Waals surface area contributed by atoms with Crippen molar-refractivity contribution in [1.82, 2.24) is 0 Å². The lowest BCUT2D eigenvalue weighted by Crippen LogP contribution is -2.21. The average molecular weight is 393 g/mol. The Kier molecular flexibility index (Phi) is 6.05. The molecule has 0 radical (unpaired) electrons. The molecule has 0 saturated carbocycles. The van der Waals surface area contributed by atoms with Crippen molar-refractivity contribution in [2.24, 2.45) is 0 Å². The van der Waals surface area contributed by atoms with Gasteiger partial charge in [-0.05, 0) is 49.6 Å². The zero-order chi connectivity index (χ0) is 18.5. The standard InChI is InChI=1S/C18H19NO5S2/c1-2-23-18(22)15-11-6-3-4-7-12(11)26-16(15)19-14(20)10-24-17(21)13-8-5-9-25-13/h5,8-9H,2-4,6-7,10H2,1H3,(H,19,20). The highest BCUT2D eigenvalue weighted by Crippen LogP contribution is 2.38. The molecule has 1 amide bonds. The molecule has 0 aliphatic heterocycles. The molecule has 3 rings (SSSR count). The van der Waals surface area contributed by atoms with Gasteiger partial charge in [0, 0.05) is 4.88 Å². The van der Waals surface area contributed by atoms with Crippen molar-refractivity contribution < 1.29 is 23.9 Å². The van der Waals surface area contributed by atoms with E-state index in [1.54, 1.807) is 24.4 Å². The number of hydrogen-bond donors (Lipinski definition) is 1. The highest BCUT2D eigenvalue weighted by molar-refractivity contribution is 7.17. The summed E-state index contributed by atoms with van der Waals surface area (Å²) in [6.45, 7) is 1.62. The van der Waals surface area contributed by atoms with Crippen LogP contribution < -0.4 is 5.32 Å². The molecule has 1 aliphatic rings. The maximum Gasteiger partial charge on any atom is 0.348 e. The molecule has 0 aromatic carbocycles. The van der Waals surface area contributed by atoms with Crippen molar-refractivity contribution in [1.29, 1.82) is 0 Å². The molecule has 0 atom stereocenters. The van der Waals surface area contributed by atoms with E-state index in [1.165, 1.54) is 22.7 Å². The van der Waals surface area contributed by atoms with Crippen LogP contribution in [0.1, 0.15) is 50.2 Å². The van der Waals surface area contributed by atoms with Gasteiger partial charge in [-0.15, -0.1) is 22.7 Å². The zero-order valence-corrected chi connectivity index (χ0v) is 16.0. The number of ether oxygens (including phenoxy) is 2. The van der Waals surface area contributed by atoms with Crippen LogP contribution in [0.15, 0.2) is 17.5 Å². The molecule has 8 heteroatoms. The third-order valence-electron chi connectivity index (χ3n) is 3.96. The summed E-state index contributed by atoms with van der Waals surface area (Å²) in [6, 6.07) is 3.38. The number of amides is 1. The highest BCUT2D eigenvalue weighted by Gasteiger charge is 2.27. The van der Waals surface area contributed by atoms with E-state index in [2.05, 4.69) is 5.32 Å². The summed E-state index contributed by atoms with van der Waals surface area (Å²) in [5.41, 5.74) is 1.43. The van der Waals surface area contributed by atoms with Gasteiger partial charge in [-0.25, -0.2) is 9.59 Å². The number of aryl methyl sites for hydroxylation is 1. The molecule has 2 aromatic rings. The van der Waals surface area contributed by atoms with Gasteiger partial charge in [0.2, 0.25) is 0 Å². The number of carbonyl (C=O) groups is 3. The molecule has 0 spiro atoms. The number of rotatable bonds is 6. The number of hydrogen-bond acceptors (Lipinski definition) is 7. The van der Waals surface area contributed by atoms with Crippen LogP contribution in [0.4, 0.5) is 5.00 Å². The largest absolute Gasteiger partial charge is 0.462 e. The van der Waals surface area contributed by atoms with Gasteiger partial charge in [-0.3, -0.25) is 4.79 Å². The first-order chi connectivity index (χ1) is 12.6. The summed E-state index contributed by atoms with van der Waals surface area (Å²) in [5, 5.41) is 4.95. The second-order valence-corrected chi connectivity index (χ2v) is 7.79. The SMILES string of the molecule is CCOC(=O)c1c(NC(=O)COC(=O)c2cccs2)sc2c1CCCC2. The topological polar surface area (TPSA) is 81.7 Å². The number of thiophene rings is 2. The Hall–Kier alpha value is -2.19. The van der Waals surface area contributed by atoms with Crippen molar-refractivity contribution in [3.63, 3.8) is 0 Å². The summed E-state index contributed by atoms with van der Waals surface area (Å²) in [5.74, 6) is -1.43. The van der Waals surface area contributed by atoms with Crippen molar-refractivity contribution in [2.75, 3.05) is 18.5 Å². The Labute approximate surface area is 159 Å². The fourth-order valence-corrected chi connectivity index (χ4v) is 4.74. The van der Waals surface area contributed by atoms with Crippen LogP contribution in [0.3, 0.4) is 0 Å². The van der Waals surface area contributed by atoms with E-state index in [0.29, 0.717) is 15.4 Å². The van der Waals surface area contributed by atoms with Gasteiger partial charge in [0.15, 0.2) is 6.61 Å². The number of esters is 2. The second-order valence-electron chi connectivity index (χ2n) is 5.74. The van der Waals surface area contributed by atoms with Crippen molar-refractivity contribution in [2.45, 2.75) is 32.6 Å². The summed E-state index contributed by atoms with van der Waals surface area (Å²) >= 11 is 2.66. The first-order valence-electron chi connectivity index (χ1n) is 8.42. The van der Waals surface area contributed by atoms with E-state index in [1.807, 2.05) is 0 Å². The summed E-state index contributed by atoms with van der Waals surface area (Å²) in [7, 11) is 0. The number of anilines is 1. The van der Waals surface area contributed by atoms with Gasteiger partial charge in [0.05, 0.1) is 12.2 Å². The summed E-state index contributed by atoms with van der Waals surface area (Å²) in [4.78, 5) is 37.9. The Bertz CT molecular complexity index is 810. The van der Waals surface area contributed by atoms with Gasteiger partial charge >= 0.3 is 11.9 Å². The van der Waals surface area contributed by atoms with E-state index >= 15 is 0 Å². The maximum atomic E-state index is 12.4. The molecule has 1 N–H and O–H groups in total. The second kappa shape index (κ2) is 8.46. The number of carbonyl (C=O) groups excluding carboxylic acids is 3. The van der Waals surface area contributed by atoms with E-state index in [4.69, 9.17) is 9.47 Å². The molecule has 0 fully saturated rings. The fraction of sp³-hybridized carbons (Fsp3) is 0.389.